The molecule has 0 aliphatic carbocycles. The standard InChI is InChI=1S/C19H15N3O2S/c1-24-14-7-4-6-13(12-14)19(23)21-18-17(15-8-5-11-25-15)20-16-9-2-3-10-22(16)18/h2-12H,1H3,(H,21,23). The number of methoxy groups -OCH3 is 1. The van der Waals surface area contributed by atoms with Crippen LogP contribution in [0.3, 0.4) is 0 Å². The summed E-state index contributed by atoms with van der Waals surface area (Å²) in [5.41, 5.74) is 2.08. The average molecular weight is 349 g/mol. The van der Waals surface area contributed by atoms with Crippen LogP contribution >= 0.6 is 11.3 Å². The Kier molecular flexibility index (Phi) is 3.95. The van der Waals surface area contributed by atoms with Crippen LogP contribution in [0.1, 0.15) is 10.4 Å². The van der Waals surface area contributed by atoms with E-state index in [1.165, 1.54) is 0 Å². The number of thiophene rings is 1. The predicted molar refractivity (Wildman–Crippen MR) is 99.5 cm³/mol. The van der Waals surface area contributed by atoms with Crippen LogP contribution in [0.4, 0.5) is 5.82 Å². The van der Waals surface area contributed by atoms with Crippen molar-refractivity contribution in [1.29, 1.82) is 0 Å². The first-order chi connectivity index (χ1) is 12.3. The van der Waals surface area contributed by atoms with E-state index < -0.39 is 0 Å². The fourth-order valence-electron chi connectivity index (χ4n) is 2.64. The third kappa shape index (κ3) is 2.88. The van der Waals surface area contributed by atoms with Crippen molar-refractivity contribution in [2.24, 2.45) is 0 Å². The van der Waals surface area contributed by atoms with Gasteiger partial charge in [0, 0.05) is 11.8 Å². The Bertz CT molecular complexity index is 1040. The molecule has 3 aromatic heterocycles. The first-order valence-corrected chi connectivity index (χ1v) is 8.60. The second kappa shape index (κ2) is 6.41. The summed E-state index contributed by atoms with van der Waals surface area (Å²) in [6, 6.07) is 16.8. The number of pyridine rings is 1. The van der Waals surface area contributed by atoms with Gasteiger partial charge in [-0.2, -0.15) is 0 Å². The molecule has 4 rings (SSSR count). The minimum Gasteiger partial charge on any atom is -0.497 e. The summed E-state index contributed by atoms with van der Waals surface area (Å²) >= 11 is 1.59. The van der Waals surface area contributed by atoms with Crippen LogP contribution in [-0.4, -0.2) is 22.4 Å². The van der Waals surface area contributed by atoms with Crippen molar-refractivity contribution in [1.82, 2.24) is 9.38 Å². The molecular weight excluding hydrogens is 334 g/mol. The Labute approximate surface area is 148 Å². The van der Waals surface area contributed by atoms with Gasteiger partial charge in [-0.05, 0) is 41.8 Å². The number of fused-ring (bicyclic) bond motifs is 1. The zero-order valence-electron chi connectivity index (χ0n) is 13.5. The number of carbonyl (C=O) groups is 1. The van der Waals surface area contributed by atoms with Crippen LogP contribution in [0.2, 0.25) is 0 Å². The maximum absolute atomic E-state index is 12.7. The van der Waals surface area contributed by atoms with E-state index in [2.05, 4.69) is 10.3 Å². The van der Waals surface area contributed by atoms with Gasteiger partial charge in [0.1, 0.15) is 22.9 Å². The van der Waals surface area contributed by atoms with E-state index in [9.17, 15) is 4.79 Å². The van der Waals surface area contributed by atoms with E-state index in [1.54, 1.807) is 36.6 Å². The maximum atomic E-state index is 12.7. The fourth-order valence-corrected chi connectivity index (χ4v) is 3.36. The van der Waals surface area contributed by atoms with Crippen LogP contribution < -0.4 is 10.1 Å². The zero-order chi connectivity index (χ0) is 17.2. The zero-order valence-corrected chi connectivity index (χ0v) is 14.3. The van der Waals surface area contributed by atoms with Gasteiger partial charge in [-0.1, -0.05) is 18.2 Å². The molecule has 0 unspecified atom stereocenters. The number of nitrogens with one attached hydrogen (secondary N) is 1. The van der Waals surface area contributed by atoms with Gasteiger partial charge in [0.05, 0.1) is 12.0 Å². The van der Waals surface area contributed by atoms with E-state index in [-0.39, 0.29) is 5.91 Å². The quantitative estimate of drug-likeness (QED) is 0.597. The Morgan fingerprint density at radius 2 is 2.08 bits per heavy atom. The summed E-state index contributed by atoms with van der Waals surface area (Å²) in [5, 5.41) is 5.00. The third-order valence-corrected chi connectivity index (χ3v) is 4.72. The lowest BCUT2D eigenvalue weighted by molar-refractivity contribution is 0.102. The summed E-state index contributed by atoms with van der Waals surface area (Å²) in [5.74, 6) is 1.09. The van der Waals surface area contributed by atoms with Crippen LogP contribution in [0.5, 0.6) is 5.75 Å². The molecule has 0 saturated heterocycles. The second-order valence-electron chi connectivity index (χ2n) is 5.40. The van der Waals surface area contributed by atoms with E-state index in [0.717, 1.165) is 16.2 Å². The summed E-state index contributed by atoms with van der Waals surface area (Å²) in [6.07, 6.45) is 1.89. The highest BCUT2D eigenvalue weighted by Crippen LogP contribution is 2.32. The lowest BCUT2D eigenvalue weighted by atomic mass is 10.2. The number of ether oxygens (including phenoxy) is 1. The minimum absolute atomic E-state index is 0.206. The first kappa shape index (κ1) is 15.4. The molecule has 0 spiro atoms. The van der Waals surface area contributed by atoms with Gasteiger partial charge in [-0.3, -0.25) is 9.20 Å². The van der Waals surface area contributed by atoms with E-state index >= 15 is 0 Å². The molecule has 1 N–H and O–H groups in total. The van der Waals surface area contributed by atoms with Crippen LogP contribution in [-0.2, 0) is 0 Å². The lowest BCUT2D eigenvalue weighted by Crippen LogP contribution is -2.14. The van der Waals surface area contributed by atoms with Gasteiger partial charge in [0.15, 0.2) is 0 Å². The topological polar surface area (TPSA) is 55.6 Å². The van der Waals surface area contributed by atoms with Gasteiger partial charge < -0.3 is 10.1 Å². The monoisotopic (exact) mass is 349 g/mol. The molecule has 0 bridgehead atoms. The number of benzene rings is 1. The molecule has 4 aromatic rings. The van der Waals surface area contributed by atoms with Gasteiger partial charge in [-0.25, -0.2) is 4.98 Å². The number of rotatable bonds is 4. The highest BCUT2D eigenvalue weighted by Gasteiger charge is 2.18. The van der Waals surface area contributed by atoms with Crippen molar-refractivity contribution in [3.63, 3.8) is 0 Å². The molecule has 0 saturated carbocycles. The second-order valence-corrected chi connectivity index (χ2v) is 6.35. The molecule has 6 heteroatoms. The average Bonchev–Trinajstić information content (AvgIpc) is 3.30. The largest absolute Gasteiger partial charge is 0.497 e. The van der Waals surface area contributed by atoms with Gasteiger partial charge in [-0.15, -0.1) is 11.3 Å². The number of amides is 1. The molecule has 1 amide bonds. The first-order valence-electron chi connectivity index (χ1n) is 7.72. The molecule has 25 heavy (non-hydrogen) atoms. The van der Waals surface area contributed by atoms with Crippen molar-refractivity contribution < 1.29 is 9.53 Å². The van der Waals surface area contributed by atoms with E-state index in [0.29, 0.717) is 17.1 Å². The molecule has 0 fully saturated rings. The van der Waals surface area contributed by atoms with E-state index in [4.69, 9.17) is 4.74 Å². The number of aromatic nitrogens is 2. The molecule has 0 atom stereocenters. The molecule has 0 radical (unpaired) electrons. The van der Waals surface area contributed by atoms with Crippen molar-refractivity contribution >= 4 is 28.7 Å². The summed E-state index contributed by atoms with van der Waals surface area (Å²) in [6.45, 7) is 0. The Morgan fingerprint density at radius 3 is 2.88 bits per heavy atom. The lowest BCUT2D eigenvalue weighted by Gasteiger charge is -2.08. The summed E-state index contributed by atoms with van der Waals surface area (Å²) in [4.78, 5) is 18.4. The molecule has 5 nitrogen and oxygen atoms in total. The molecule has 0 aliphatic rings. The van der Waals surface area contributed by atoms with Gasteiger partial charge >= 0.3 is 0 Å². The predicted octanol–water partition coefficient (Wildman–Crippen LogP) is 4.32. The number of imidazole rings is 1. The Hall–Kier alpha value is -3.12. The number of anilines is 1. The van der Waals surface area contributed by atoms with Crippen LogP contribution in [0.15, 0.2) is 66.2 Å². The van der Waals surface area contributed by atoms with Crippen molar-refractivity contribution in [3.8, 4) is 16.3 Å². The highest BCUT2D eigenvalue weighted by atomic mass is 32.1. The third-order valence-electron chi connectivity index (χ3n) is 3.85. The summed E-state index contributed by atoms with van der Waals surface area (Å²) < 4.78 is 7.08. The fraction of sp³-hybridized carbons (Fsp3) is 0.0526. The van der Waals surface area contributed by atoms with Crippen molar-refractivity contribution in [2.45, 2.75) is 0 Å². The van der Waals surface area contributed by atoms with Gasteiger partial charge in [0.2, 0.25) is 0 Å². The summed E-state index contributed by atoms with van der Waals surface area (Å²) in [7, 11) is 1.58. The van der Waals surface area contributed by atoms with Crippen LogP contribution in [0, 0.1) is 0 Å². The number of hydrogen-bond acceptors (Lipinski definition) is 4. The van der Waals surface area contributed by atoms with Gasteiger partial charge in [0.25, 0.3) is 5.91 Å². The van der Waals surface area contributed by atoms with Crippen LogP contribution in [0.25, 0.3) is 16.2 Å². The molecule has 0 aliphatic heterocycles. The molecule has 124 valence electrons. The number of hydrogen-bond donors (Lipinski definition) is 1. The smallest absolute Gasteiger partial charge is 0.256 e. The molecular formula is C19H15N3O2S. The normalized spacial score (nSPS) is 10.8. The number of nitrogens with zero attached hydrogens (tertiary/aromatic N) is 2. The SMILES string of the molecule is COc1cccc(C(=O)Nc2c(-c3cccs3)nc3ccccn23)c1. The molecule has 3 heterocycles. The minimum atomic E-state index is -0.206. The number of carbonyl (C=O) groups excluding carboxylic acids is 1. The molecule has 1 aromatic carbocycles. The van der Waals surface area contributed by atoms with Crippen molar-refractivity contribution in [3.05, 3.63) is 71.7 Å². The van der Waals surface area contributed by atoms with E-state index in [1.807, 2.05) is 52.4 Å². The highest BCUT2D eigenvalue weighted by molar-refractivity contribution is 7.13. The Morgan fingerprint density at radius 1 is 1.16 bits per heavy atom. The van der Waals surface area contributed by atoms with Crippen molar-refractivity contribution in [2.75, 3.05) is 12.4 Å². The Balaban J connectivity index is 1.77. The maximum Gasteiger partial charge on any atom is 0.256 e.